The summed E-state index contributed by atoms with van der Waals surface area (Å²) in [7, 11) is 0. The highest BCUT2D eigenvalue weighted by Crippen LogP contribution is 2.34. The highest BCUT2D eigenvalue weighted by molar-refractivity contribution is 5.79. The van der Waals surface area contributed by atoms with Crippen LogP contribution in [0.3, 0.4) is 0 Å². The van der Waals surface area contributed by atoms with Crippen LogP contribution >= 0.6 is 0 Å². The van der Waals surface area contributed by atoms with Gasteiger partial charge in [-0.2, -0.15) is 0 Å². The van der Waals surface area contributed by atoms with E-state index in [2.05, 4.69) is 54.4 Å². The number of nitrogens with one attached hydrogen (secondary N) is 1. The van der Waals surface area contributed by atoms with Crippen molar-refractivity contribution in [3.63, 3.8) is 0 Å². The molecule has 30 heavy (non-hydrogen) atoms. The highest BCUT2D eigenvalue weighted by atomic mass is 16.6. The first kappa shape index (κ1) is 20.5. The fourth-order valence-corrected chi connectivity index (χ4v) is 4.08. The van der Waals surface area contributed by atoms with Gasteiger partial charge in [-0.3, -0.25) is 9.69 Å². The van der Waals surface area contributed by atoms with Crippen molar-refractivity contribution in [2.24, 2.45) is 5.92 Å². The Morgan fingerprint density at radius 1 is 1.07 bits per heavy atom. The van der Waals surface area contributed by atoms with Crippen molar-refractivity contribution in [3.05, 3.63) is 65.7 Å². The van der Waals surface area contributed by atoms with Crippen molar-refractivity contribution in [2.75, 3.05) is 32.8 Å². The van der Waals surface area contributed by atoms with Crippen molar-refractivity contribution in [3.8, 4) is 11.5 Å². The van der Waals surface area contributed by atoms with E-state index in [-0.39, 0.29) is 17.9 Å². The van der Waals surface area contributed by atoms with Crippen molar-refractivity contribution >= 4 is 11.5 Å². The van der Waals surface area contributed by atoms with Gasteiger partial charge in [-0.15, -0.1) is 0 Å². The first-order valence-corrected chi connectivity index (χ1v) is 10.8. The first-order valence-electron chi connectivity index (χ1n) is 10.8. The maximum atomic E-state index is 12.8. The van der Waals surface area contributed by atoms with Crippen LogP contribution in [0.2, 0.25) is 0 Å². The van der Waals surface area contributed by atoms with Crippen LogP contribution in [-0.2, 0) is 4.79 Å². The number of hydrogen-bond acceptors (Lipinski definition) is 4. The minimum absolute atomic E-state index is 0.0557. The lowest BCUT2D eigenvalue weighted by molar-refractivity contribution is -0.123. The number of ether oxygens (including phenoxy) is 2. The number of carbonyl (C=O) groups excluding carboxylic acids is 1. The topological polar surface area (TPSA) is 50.8 Å². The lowest BCUT2D eigenvalue weighted by Crippen LogP contribution is -2.41. The van der Waals surface area contributed by atoms with Crippen molar-refractivity contribution in [1.29, 1.82) is 0 Å². The van der Waals surface area contributed by atoms with Gasteiger partial charge in [0.05, 0.1) is 12.6 Å². The number of fused-ring (bicyclic) bond motifs is 1. The maximum absolute atomic E-state index is 12.8. The van der Waals surface area contributed by atoms with Crippen molar-refractivity contribution in [1.82, 2.24) is 10.2 Å². The maximum Gasteiger partial charge on any atom is 0.234 e. The molecular formula is C25H30N2O3. The third-order valence-electron chi connectivity index (χ3n) is 5.71. The predicted octanol–water partition coefficient (Wildman–Crippen LogP) is 4.06. The smallest absolute Gasteiger partial charge is 0.234 e. The second-order valence-electron chi connectivity index (χ2n) is 8.27. The summed E-state index contributed by atoms with van der Waals surface area (Å²) in [5.74, 6) is 1.85. The zero-order valence-electron chi connectivity index (χ0n) is 17.8. The van der Waals surface area contributed by atoms with Gasteiger partial charge in [-0.1, -0.05) is 56.3 Å². The zero-order valence-corrected chi connectivity index (χ0v) is 17.8. The molecule has 1 atom stereocenters. The van der Waals surface area contributed by atoms with E-state index in [9.17, 15) is 4.79 Å². The summed E-state index contributed by atoms with van der Waals surface area (Å²) in [6.45, 7) is 7.48. The minimum atomic E-state index is -0.0615. The summed E-state index contributed by atoms with van der Waals surface area (Å²) in [5.41, 5.74) is 3.69. The molecule has 0 radical (unpaired) electrons. The van der Waals surface area contributed by atoms with E-state index in [0.29, 0.717) is 19.8 Å². The van der Waals surface area contributed by atoms with Crippen molar-refractivity contribution in [2.45, 2.75) is 26.3 Å². The molecule has 2 aromatic rings. The van der Waals surface area contributed by atoms with Crippen LogP contribution in [-0.4, -0.2) is 43.7 Å². The Hall–Kier alpha value is -2.79. The third kappa shape index (κ3) is 4.85. The Morgan fingerprint density at radius 3 is 2.53 bits per heavy atom. The van der Waals surface area contributed by atoms with E-state index in [1.807, 2.05) is 24.3 Å². The van der Waals surface area contributed by atoms with Gasteiger partial charge in [-0.05, 0) is 41.2 Å². The Labute approximate surface area is 178 Å². The molecular weight excluding hydrogens is 376 g/mol. The largest absolute Gasteiger partial charge is 0.486 e. The lowest BCUT2D eigenvalue weighted by Gasteiger charge is -2.29. The summed E-state index contributed by atoms with van der Waals surface area (Å²) in [6.07, 6.45) is 3.21. The highest BCUT2D eigenvalue weighted by Gasteiger charge is 2.23. The monoisotopic (exact) mass is 406 g/mol. The van der Waals surface area contributed by atoms with Crippen LogP contribution in [0.5, 0.6) is 11.5 Å². The molecule has 0 spiro atoms. The van der Waals surface area contributed by atoms with E-state index in [1.165, 1.54) is 11.1 Å². The quantitative estimate of drug-likeness (QED) is 0.786. The molecule has 2 aromatic carbocycles. The van der Waals surface area contributed by atoms with Gasteiger partial charge in [0, 0.05) is 13.1 Å². The molecule has 5 nitrogen and oxygen atoms in total. The van der Waals surface area contributed by atoms with Gasteiger partial charge >= 0.3 is 0 Å². The molecule has 0 aliphatic carbocycles. The number of rotatable bonds is 6. The summed E-state index contributed by atoms with van der Waals surface area (Å²) < 4.78 is 11.3. The molecule has 0 fully saturated rings. The number of nitrogens with zero attached hydrogens (tertiary/aromatic N) is 1. The summed E-state index contributed by atoms with van der Waals surface area (Å²) >= 11 is 0. The Kier molecular flexibility index (Phi) is 6.38. The van der Waals surface area contributed by atoms with Crippen LogP contribution in [0.25, 0.3) is 5.57 Å². The van der Waals surface area contributed by atoms with Gasteiger partial charge in [0.1, 0.15) is 13.2 Å². The first-order chi connectivity index (χ1) is 14.6. The molecule has 4 rings (SSSR count). The summed E-state index contributed by atoms with van der Waals surface area (Å²) in [6, 6.07) is 16.4. The fourth-order valence-electron chi connectivity index (χ4n) is 4.08. The van der Waals surface area contributed by atoms with E-state index < -0.39 is 0 Å². The van der Waals surface area contributed by atoms with E-state index in [0.717, 1.165) is 36.6 Å². The Bertz CT molecular complexity index is 908. The molecule has 5 heteroatoms. The second-order valence-corrected chi connectivity index (χ2v) is 8.27. The van der Waals surface area contributed by atoms with E-state index in [4.69, 9.17) is 9.47 Å². The molecule has 1 amide bonds. The average Bonchev–Trinajstić information content (AvgIpc) is 2.78. The molecule has 1 N–H and O–H groups in total. The summed E-state index contributed by atoms with van der Waals surface area (Å²) in [5, 5.41) is 3.23. The Balaban J connectivity index is 1.37. The number of amides is 1. The van der Waals surface area contributed by atoms with Crippen LogP contribution < -0.4 is 14.8 Å². The number of benzene rings is 2. The number of carbonyl (C=O) groups is 1. The lowest BCUT2D eigenvalue weighted by atomic mass is 9.95. The van der Waals surface area contributed by atoms with Gasteiger partial charge in [0.2, 0.25) is 5.91 Å². The molecule has 2 heterocycles. The third-order valence-corrected chi connectivity index (χ3v) is 5.71. The predicted molar refractivity (Wildman–Crippen MR) is 119 cm³/mol. The van der Waals surface area contributed by atoms with E-state index >= 15 is 0 Å². The van der Waals surface area contributed by atoms with Crippen LogP contribution in [0.1, 0.15) is 37.4 Å². The minimum Gasteiger partial charge on any atom is -0.486 e. The molecule has 0 bridgehead atoms. The molecule has 0 unspecified atom stereocenters. The second kappa shape index (κ2) is 9.35. The van der Waals surface area contributed by atoms with Gasteiger partial charge < -0.3 is 14.8 Å². The SMILES string of the molecule is CC(C)[C@H](NC(=O)CN1CC=C(c2ccccc2)CC1)c1ccc2c(c1)OCCO2. The van der Waals surface area contributed by atoms with Gasteiger partial charge in [-0.25, -0.2) is 0 Å². The standard InChI is InChI=1S/C25H30N2O3/c1-18(2)25(21-8-9-22-23(16-21)30-15-14-29-22)26-24(28)17-27-12-10-20(11-13-27)19-6-4-3-5-7-19/h3-10,16,18,25H,11-15,17H2,1-2H3,(H,26,28)/t25-/m0/s1. The molecule has 2 aliphatic rings. The molecule has 0 aromatic heterocycles. The molecule has 2 aliphatic heterocycles. The van der Waals surface area contributed by atoms with Gasteiger partial charge in [0.25, 0.3) is 0 Å². The average molecular weight is 407 g/mol. The van der Waals surface area contributed by atoms with Crippen LogP contribution in [0.4, 0.5) is 0 Å². The fraction of sp³-hybridized carbons (Fsp3) is 0.400. The molecule has 0 saturated heterocycles. The normalized spacial score (nSPS) is 17.4. The van der Waals surface area contributed by atoms with Crippen LogP contribution in [0, 0.1) is 5.92 Å². The molecule has 0 saturated carbocycles. The van der Waals surface area contributed by atoms with Crippen molar-refractivity contribution < 1.29 is 14.3 Å². The number of hydrogen-bond donors (Lipinski definition) is 1. The molecule has 158 valence electrons. The van der Waals surface area contributed by atoms with Gasteiger partial charge in [0.15, 0.2) is 11.5 Å². The van der Waals surface area contributed by atoms with Crippen LogP contribution in [0.15, 0.2) is 54.6 Å². The Morgan fingerprint density at radius 2 is 1.83 bits per heavy atom. The summed E-state index contributed by atoms with van der Waals surface area (Å²) in [4.78, 5) is 15.0. The zero-order chi connectivity index (χ0) is 20.9. The van der Waals surface area contributed by atoms with E-state index in [1.54, 1.807) is 0 Å².